The number of carbonyl (C=O) groups excluding carboxylic acids is 2. The highest BCUT2D eigenvalue weighted by molar-refractivity contribution is 6.60. The third kappa shape index (κ3) is 4.02. The second-order valence-corrected chi connectivity index (χ2v) is 9.35. The summed E-state index contributed by atoms with van der Waals surface area (Å²) >= 11 is 0. The van der Waals surface area contributed by atoms with Crippen molar-refractivity contribution >= 4 is 31.4 Å². The molecule has 1 aliphatic rings. The van der Waals surface area contributed by atoms with E-state index in [0.29, 0.717) is 43.4 Å². The molecule has 1 aliphatic heterocycles. The lowest BCUT2D eigenvalue weighted by molar-refractivity contribution is 0.0708. The van der Waals surface area contributed by atoms with Gasteiger partial charge in [-0.05, 0) is 50.6 Å². The summed E-state index contributed by atoms with van der Waals surface area (Å²) in [5, 5.41) is 4.11. The molecule has 6 nitrogen and oxygen atoms in total. The minimum absolute atomic E-state index is 0.327. The lowest BCUT2D eigenvalue weighted by Gasteiger charge is -2.28. The Bertz CT molecular complexity index is 865. The molecule has 3 rings (SSSR count). The van der Waals surface area contributed by atoms with E-state index in [1.807, 2.05) is 45.0 Å². The molecule has 2 amide bonds. The predicted molar refractivity (Wildman–Crippen MR) is 110 cm³/mol. The fourth-order valence-corrected chi connectivity index (χ4v) is 6.42. The van der Waals surface area contributed by atoms with Crippen molar-refractivity contribution in [3.8, 4) is 0 Å². The topological polar surface area (TPSA) is 73.9 Å². The standard InChI is InChI=1S/C21H27NO5Si/c1-4-25-28(26-5-2,27-6-3)14-8-10-16-13-12-15-9-7-11-17-18(15)19(16)21(24)22-20(17)23/h7,9,11-13H,4-6,8,10,14H2,1-3H3,(H,22,23,24). The van der Waals surface area contributed by atoms with E-state index in [9.17, 15) is 9.59 Å². The van der Waals surface area contributed by atoms with E-state index in [4.69, 9.17) is 13.3 Å². The molecular weight excluding hydrogens is 374 g/mol. The van der Waals surface area contributed by atoms with Gasteiger partial charge in [-0.25, -0.2) is 0 Å². The van der Waals surface area contributed by atoms with Crippen molar-refractivity contribution < 1.29 is 22.9 Å². The molecule has 0 atom stereocenters. The third-order valence-corrected chi connectivity index (χ3v) is 8.00. The van der Waals surface area contributed by atoms with E-state index in [2.05, 4.69) is 5.32 Å². The lowest BCUT2D eigenvalue weighted by Crippen LogP contribution is -2.46. The third-order valence-electron chi connectivity index (χ3n) is 4.85. The van der Waals surface area contributed by atoms with E-state index in [1.165, 1.54) is 0 Å². The van der Waals surface area contributed by atoms with Gasteiger partial charge in [0.2, 0.25) is 0 Å². The maximum atomic E-state index is 12.6. The van der Waals surface area contributed by atoms with Crippen LogP contribution in [0.25, 0.3) is 10.8 Å². The molecule has 0 bridgehead atoms. The highest BCUT2D eigenvalue weighted by Crippen LogP contribution is 2.30. The van der Waals surface area contributed by atoms with Crippen molar-refractivity contribution in [2.24, 2.45) is 0 Å². The SMILES string of the molecule is CCO[Si](CCCc1ccc2cccc3c2c1C(=O)NC3=O)(OCC)OCC. The number of hydrogen-bond donors (Lipinski definition) is 1. The van der Waals surface area contributed by atoms with Crippen LogP contribution < -0.4 is 5.32 Å². The average molecular weight is 402 g/mol. The van der Waals surface area contributed by atoms with Crippen LogP contribution in [0.5, 0.6) is 0 Å². The Morgan fingerprint density at radius 3 is 2.21 bits per heavy atom. The predicted octanol–water partition coefficient (Wildman–Crippen LogP) is 3.70. The van der Waals surface area contributed by atoms with Gasteiger partial charge in [0.25, 0.3) is 11.8 Å². The normalized spacial score (nSPS) is 13.8. The second-order valence-electron chi connectivity index (χ2n) is 6.62. The smallest absolute Gasteiger partial charge is 0.374 e. The first-order valence-electron chi connectivity index (χ1n) is 9.87. The number of imide groups is 1. The summed E-state index contributed by atoms with van der Waals surface area (Å²) < 4.78 is 17.7. The summed E-state index contributed by atoms with van der Waals surface area (Å²) in [6.07, 6.45) is 1.46. The van der Waals surface area contributed by atoms with Gasteiger partial charge in [-0.2, -0.15) is 0 Å². The summed E-state index contributed by atoms with van der Waals surface area (Å²) in [5.74, 6) is -0.664. The summed E-state index contributed by atoms with van der Waals surface area (Å²) in [6, 6.07) is 10.2. The Labute approximate surface area is 166 Å². The molecule has 0 saturated carbocycles. The van der Waals surface area contributed by atoms with Gasteiger partial charge in [-0.1, -0.05) is 24.3 Å². The van der Waals surface area contributed by atoms with Gasteiger partial charge in [0, 0.05) is 36.8 Å². The second kappa shape index (κ2) is 8.96. The monoisotopic (exact) mass is 401 g/mol. The van der Waals surface area contributed by atoms with Gasteiger partial charge in [0.1, 0.15) is 0 Å². The van der Waals surface area contributed by atoms with E-state index in [1.54, 1.807) is 6.07 Å². The van der Waals surface area contributed by atoms with Crippen LogP contribution in [-0.4, -0.2) is 40.4 Å². The van der Waals surface area contributed by atoms with Crippen molar-refractivity contribution in [2.45, 2.75) is 39.7 Å². The Hall–Kier alpha value is -2.06. The number of rotatable bonds is 10. The van der Waals surface area contributed by atoms with Gasteiger partial charge in [-0.3, -0.25) is 14.9 Å². The molecule has 0 unspecified atom stereocenters. The molecule has 2 aromatic rings. The van der Waals surface area contributed by atoms with Crippen molar-refractivity contribution in [1.29, 1.82) is 0 Å². The van der Waals surface area contributed by atoms with Crippen LogP contribution in [0.15, 0.2) is 30.3 Å². The number of benzene rings is 2. The van der Waals surface area contributed by atoms with Gasteiger partial charge in [-0.15, -0.1) is 0 Å². The van der Waals surface area contributed by atoms with E-state index in [-0.39, 0.29) is 11.8 Å². The fraction of sp³-hybridized carbons (Fsp3) is 0.429. The molecule has 0 aliphatic carbocycles. The average Bonchev–Trinajstić information content (AvgIpc) is 2.67. The first-order valence-corrected chi connectivity index (χ1v) is 11.8. The molecule has 0 saturated heterocycles. The maximum absolute atomic E-state index is 12.6. The van der Waals surface area contributed by atoms with Crippen molar-refractivity contribution in [1.82, 2.24) is 5.32 Å². The fourth-order valence-electron chi connectivity index (χ4n) is 3.81. The zero-order chi connectivity index (χ0) is 20.1. The highest BCUT2D eigenvalue weighted by Gasteiger charge is 2.39. The molecule has 0 fully saturated rings. The van der Waals surface area contributed by atoms with Crippen molar-refractivity contribution in [3.63, 3.8) is 0 Å². The molecule has 1 N–H and O–H groups in total. The summed E-state index contributed by atoms with van der Waals surface area (Å²) in [6.45, 7) is 7.45. The maximum Gasteiger partial charge on any atom is 0.500 e. The zero-order valence-corrected chi connectivity index (χ0v) is 17.7. The number of amides is 2. The highest BCUT2D eigenvalue weighted by atomic mass is 28.4. The Morgan fingerprint density at radius 2 is 1.57 bits per heavy atom. The molecule has 0 spiro atoms. The lowest BCUT2D eigenvalue weighted by atomic mass is 9.90. The van der Waals surface area contributed by atoms with E-state index >= 15 is 0 Å². The van der Waals surface area contributed by atoms with Gasteiger partial charge >= 0.3 is 8.80 Å². The van der Waals surface area contributed by atoms with Gasteiger partial charge in [0.15, 0.2) is 0 Å². The Balaban J connectivity index is 1.86. The number of aryl methyl sites for hydroxylation is 1. The first kappa shape index (κ1) is 20.7. The minimum Gasteiger partial charge on any atom is -0.374 e. The summed E-state index contributed by atoms with van der Waals surface area (Å²) in [4.78, 5) is 24.8. The largest absolute Gasteiger partial charge is 0.500 e. The van der Waals surface area contributed by atoms with Crippen LogP contribution in [-0.2, 0) is 19.7 Å². The number of hydrogen-bond acceptors (Lipinski definition) is 5. The summed E-state index contributed by atoms with van der Waals surface area (Å²) in [5.41, 5.74) is 2.08. The van der Waals surface area contributed by atoms with Crippen LogP contribution in [0.1, 0.15) is 53.5 Å². The van der Waals surface area contributed by atoms with E-state index < -0.39 is 8.80 Å². The molecule has 0 aromatic heterocycles. The van der Waals surface area contributed by atoms with Crippen LogP contribution >= 0.6 is 0 Å². The Morgan fingerprint density at radius 1 is 0.893 bits per heavy atom. The number of carbonyl (C=O) groups is 2. The van der Waals surface area contributed by atoms with Gasteiger partial charge < -0.3 is 13.3 Å². The molecule has 2 aromatic carbocycles. The van der Waals surface area contributed by atoms with Gasteiger partial charge in [0.05, 0.1) is 5.56 Å². The minimum atomic E-state index is -2.71. The number of nitrogens with one attached hydrogen (secondary N) is 1. The first-order chi connectivity index (χ1) is 13.5. The van der Waals surface area contributed by atoms with Crippen molar-refractivity contribution in [3.05, 3.63) is 47.0 Å². The molecule has 28 heavy (non-hydrogen) atoms. The van der Waals surface area contributed by atoms with Crippen LogP contribution in [0.3, 0.4) is 0 Å². The zero-order valence-electron chi connectivity index (χ0n) is 16.7. The Kier molecular flexibility index (Phi) is 6.61. The van der Waals surface area contributed by atoms with E-state index in [0.717, 1.165) is 22.8 Å². The van der Waals surface area contributed by atoms with Crippen LogP contribution in [0, 0.1) is 0 Å². The molecular formula is C21H27NO5Si. The quantitative estimate of drug-likeness (QED) is 0.485. The molecule has 1 heterocycles. The summed E-state index contributed by atoms with van der Waals surface area (Å²) in [7, 11) is -2.71. The molecule has 0 radical (unpaired) electrons. The van der Waals surface area contributed by atoms with Crippen LogP contribution in [0.2, 0.25) is 6.04 Å². The van der Waals surface area contributed by atoms with Crippen LogP contribution in [0.4, 0.5) is 0 Å². The van der Waals surface area contributed by atoms with Crippen molar-refractivity contribution in [2.75, 3.05) is 19.8 Å². The molecule has 7 heteroatoms. The molecule has 150 valence electrons.